The first-order valence-corrected chi connectivity index (χ1v) is 9.05. The van der Waals surface area contributed by atoms with Crippen molar-refractivity contribution in [2.75, 3.05) is 18.4 Å². The first kappa shape index (κ1) is 14.2. The van der Waals surface area contributed by atoms with Crippen LogP contribution in [0.1, 0.15) is 42.2 Å². The van der Waals surface area contributed by atoms with Gasteiger partial charge in [0.05, 0.1) is 0 Å². The van der Waals surface area contributed by atoms with Crippen LogP contribution in [0.4, 0.5) is 5.13 Å². The van der Waals surface area contributed by atoms with Gasteiger partial charge in [0, 0.05) is 31.6 Å². The van der Waals surface area contributed by atoms with E-state index in [9.17, 15) is 0 Å². The molecule has 116 valence electrons. The van der Waals surface area contributed by atoms with Crippen molar-refractivity contribution in [2.24, 2.45) is 0 Å². The number of likely N-dealkylation sites (tertiary alicyclic amines) is 1. The monoisotopic (exact) mass is 314 g/mol. The lowest BCUT2D eigenvalue weighted by Gasteiger charge is -2.32. The molecule has 1 saturated carbocycles. The summed E-state index contributed by atoms with van der Waals surface area (Å²) in [4.78, 5) is 2.54. The standard InChI is InChI=1S/C17H22N4S/c1-2-4-13(5-3-1)12-21-10-8-15(9-11-21)18-17-20-19-16(22-17)14-6-7-14/h1-5,14-15H,6-12H2,(H,18,20). The highest BCUT2D eigenvalue weighted by Gasteiger charge is 2.28. The Balaban J connectivity index is 1.26. The lowest BCUT2D eigenvalue weighted by atomic mass is 10.0. The summed E-state index contributed by atoms with van der Waals surface area (Å²) in [6, 6.07) is 11.3. The quantitative estimate of drug-likeness (QED) is 0.917. The third kappa shape index (κ3) is 3.47. The zero-order valence-electron chi connectivity index (χ0n) is 12.7. The molecule has 1 aliphatic heterocycles. The average molecular weight is 314 g/mol. The average Bonchev–Trinajstić information content (AvgIpc) is 3.30. The predicted octanol–water partition coefficient (Wildman–Crippen LogP) is 3.49. The van der Waals surface area contributed by atoms with Crippen LogP contribution in [-0.2, 0) is 6.54 Å². The van der Waals surface area contributed by atoms with Crippen LogP contribution in [0.5, 0.6) is 0 Å². The van der Waals surface area contributed by atoms with E-state index in [0.717, 1.165) is 24.8 Å². The topological polar surface area (TPSA) is 41.0 Å². The van der Waals surface area contributed by atoms with Crippen LogP contribution in [0.25, 0.3) is 0 Å². The third-order valence-corrected chi connectivity index (χ3v) is 5.55. The molecule has 1 aliphatic carbocycles. The molecule has 0 radical (unpaired) electrons. The van der Waals surface area contributed by atoms with Gasteiger partial charge in [-0.2, -0.15) is 0 Å². The Morgan fingerprint density at radius 1 is 1.05 bits per heavy atom. The van der Waals surface area contributed by atoms with Gasteiger partial charge < -0.3 is 5.32 Å². The number of rotatable bonds is 5. The van der Waals surface area contributed by atoms with Crippen molar-refractivity contribution in [3.63, 3.8) is 0 Å². The molecule has 2 fully saturated rings. The van der Waals surface area contributed by atoms with E-state index in [1.807, 2.05) is 0 Å². The van der Waals surface area contributed by atoms with E-state index in [-0.39, 0.29) is 0 Å². The zero-order chi connectivity index (χ0) is 14.8. The molecule has 1 saturated heterocycles. The summed E-state index contributed by atoms with van der Waals surface area (Å²) < 4.78 is 0. The van der Waals surface area contributed by atoms with Gasteiger partial charge in [0.1, 0.15) is 5.01 Å². The Morgan fingerprint density at radius 2 is 1.82 bits per heavy atom. The fraction of sp³-hybridized carbons (Fsp3) is 0.529. The molecule has 0 bridgehead atoms. The fourth-order valence-electron chi connectivity index (χ4n) is 3.04. The minimum Gasteiger partial charge on any atom is -0.357 e. The molecule has 0 amide bonds. The highest BCUT2D eigenvalue weighted by Crippen LogP contribution is 2.42. The maximum Gasteiger partial charge on any atom is 0.205 e. The first-order valence-electron chi connectivity index (χ1n) is 8.23. The molecule has 4 nitrogen and oxygen atoms in total. The summed E-state index contributed by atoms with van der Waals surface area (Å²) in [7, 11) is 0. The van der Waals surface area contributed by atoms with Gasteiger partial charge in [0.2, 0.25) is 5.13 Å². The molecule has 0 unspecified atom stereocenters. The van der Waals surface area contributed by atoms with Crippen molar-refractivity contribution >= 4 is 16.5 Å². The first-order chi connectivity index (χ1) is 10.9. The molecule has 2 aliphatic rings. The SMILES string of the molecule is c1ccc(CN2CCC(Nc3nnc(C4CC4)s3)CC2)cc1. The van der Waals surface area contributed by atoms with E-state index in [4.69, 9.17) is 0 Å². The fourth-order valence-corrected chi connectivity index (χ4v) is 4.03. The van der Waals surface area contributed by atoms with Crippen LogP contribution in [0, 0.1) is 0 Å². The summed E-state index contributed by atoms with van der Waals surface area (Å²) >= 11 is 1.75. The van der Waals surface area contributed by atoms with Gasteiger partial charge in [-0.05, 0) is 31.2 Å². The molecule has 5 heteroatoms. The summed E-state index contributed by atoms with van der Waals surface area (Å²) in [6.07, 6.45) is 4.97. The van der Waals surface area contributed by atoms with Crippen LogP contribution >= 0.6 is 11.3 Å². The number of nitrogens with zero attached hydrogens (tertiary/aromatic N) is 3. The highest BCUT2D eigenvalue weighted by atomic mass is 32.1. The van der Waals surface area contributed by atoms with Gasteiger partial charge in [0.25, 0.3) is 0 Å². The lowest BCUT2D eigenvalue weighted by Crippen LogP contribution is -2.38. The second-order valence-corrected chi connectivity index (χ2v) is 7.41. The summed E-state index contributed by atoms with van der Waals surface area (Å²) in [6.45, 7) is 3.37. The molecule has 1 N–H and O–H groups in total. The van der Waals surface area contributed by atoms with E-state index in [1.54, 1.807) is 11.3 Å². The number of hydrogen-bond donors (Lipinski definition) is 1. The van der Waals surface area contributed by atoms with E-state index in [2.05, 4.69) is 50.7 Å². The molecule has 1 aromatic heterocycles. The Labute approximate surface area is 135 Å². The Bertz CT molecular complexity index is 600. The van der Waals surface area contributed by atoms with Gasteiger partial charge in [0.15, 0.2) is 0 Å². The largest absolute Gasteiger partial charge is 0.357 e. The maximum absolute atomic E-state index is 4.31. The van der Waals surface area contributed by atoms with E-state index >= 15 is 0 Å². The number of anilines is 1. The van der Waals surface area contributed by atoms with Crippen molar-refractivity contribution in [2.45, 2.75) is 44.2 Å². The van der Waals surface area contributed by atoms with E-state index in [1.165, 1.54) is 36.3 Å². The van der Waals surface area contributed by atoms with Gasteiger partial charge >= 0.3 is 0 Å². The Kier molecular flexibility index (Phi) is 4.08. The molecule has 0 atom stereocenters. The third-order valence-electron chi connectivity index (χ3n) is 4.53. The normalized spacial score (nSPS) is 20.2. The Hall–Kier alpha value is -1.46. The number of aromatic nitrogens is 2. The van der Waals surface area contributed by atoms with Crippen LogP contribution < -0.4 is 5.32 Å². The number of benzene rings is 1. The minimum atomic E-state index is 0.548. The number of hydrogen-bond acceptors (Lipinski definition) is 5. The second-order valence-electron chi connectivity index (χ2n) is 6.40. The molecule has 0 spiro atoms. The Morgan fingerprint density at radius 3 is 2.55 bits per heavy atom. The van der Waals surface area contributed by atoms with Crippen molar-refractivity contribution < 1.29 is 0 Å². The van der Waals surface area contributed by atoms with Gasteiger partial charge in [-0.1, -0.05) is 41.7 Å². The summed E-state index contributed by atoms with van der Waals surface area (Å²) in [5.41, 5.74) is 1.41. The van der Waals surface area contributed by atoms with Gasteiger partial charge in [-0.25, -0.2) is 0 Å². The molecular formula is C17H22N4S. The summed E-state index contributed by atoms with van der Waals surface area (Å²) in [5, 5.41) is 14.4. The second kappa shape index (κ2) is 6.34. The van der Waals surface area contributed by atoms with E-state index < -0.39 is 0 Å². The van der Waals surface area contributed by atoms with Crippen LogP contribution in [-0.4, -0.2) is 34.2 Å². The van der Waals surface area contributed by atoms with Crippen LogP contribution in [0.15, 0.2) is 30.3 Å². The molecule has 22 heavy (non-hydrogen) atoms. The van der Waals surface area contributed by atoms with Crippen molar-refractivity contribution in [3.8, 4) is 0 Å². The van der Waals surface area contributed by atoms with Crippen LogP contribution in [0.3, 0.4) is 0 Å². The lowest BCUT2D eigenvalue weighted by molar-refractivity contribution is 0.211. The molecule has 2 heterocycles. The van der Waals surface area contributed by atoms with Crippen LogP contribution in [0.2, 0.25) is 0 Å². The highest BCUT2D eigenvalue weighted by molar-refractivity contribution is 7.15. The number of nitrogens with one attached hydrogen (secondary N) is 1. The molecule has 2 aromatic rings. The molecular weight excluding hydrogens is 292 g/mol. The molecule has 1 aromatic carbocycles. The van der Waals surface area contributed by atoms with Crippen molar-refractivity contribution in [3.05, 3.63) is 40.9 Å². The van der Waals surface area contributed by atoms with Crippen molar-refractivity contribution in [1.82, 2.24) is 15.1 Å². The smallest absolute Gasteiger partial charge is 0.205 e. The van der Waals surface area contributed by atoms with Gasteiger partial charge in [-0.15, -0.1) is 10.2 Å². The van der Waals surface area contributed by atoms with Crippen molar-refractivity contribution in [1.29, 1.82) is 0 Å². The summed E-state index contributed by atoms with van der Waals surface area (Å²) in [5.74, 6) is 0.709. The van der Waals surface area contributed by atoms with E-state index in [0.29, 0.717) is 12.0 Å². The molecule has 4 rings (SSSR count). The number of piperidine rings is 1. The maximum atomic E-state index is 4.31. The zero-order valence-corrected chi connectivity index (χ0v) is 13.6. The minimum absolute atomic E-state index is 0.548. The predicted molar refractivity (Wildman–Crippen MR) is 90.2 cm³/mol. The van der Waals surface area contributed by atoms with Gasteiger partial charge in [-0.3, -0.25) is 4.90 Å².